The average Bonchev–Trinajstić information content (AvgIpc) is 2.58. The lowest BCUT2D eigenvalue weighted by atomic mass is 10.0. The first kappa shape index (κ1) is 14.5. The molecule has 0 atom stereocenters. The van der Waals surface area contributed by atoms with Crippen molar-refractivity contribution in [3.05, 3.63) is 71.8 Å². The van der Waals surface area contributed by atoms with E-state index < -0.39 is 0 Å². The van der Waals surface area contributed by atoms with Crippen molar-refractivity contribution in [1.29, 1.82) is 0 Å². The van der Waals surface area contributed by atoms with E-state index in [1.54, 1.807) is 0 Å². The molecule has 2 aromatic carbocycles. The first-order valence-electron chi connectivity index (χ1n) is 7.10. The summed E-state index contributed by atoms with van der Waals surface area (Å²) in [7, 11) is 0. The van der Waals surface area contributed by atoms with Crippen molar-refractivity contribution < 1.29 is 9.53 Å². The number of benzene rings is 2. The van der Waals surface area contributed by atoms with Crippen molar-refractivity contribution in [3.63, 3.8) is 0 Å². The third kappa shape index (κ3) is 4.63. The molecule has 1 saturated heterocycles. The summed E-state index contributed by atoms with van der Waals surface area (Å²) in [6.45, 7) is 2.00. The number of carbonyl (C=O) groups excluding carboxylic acids is 1. The molecule has 1 fully saturated rings. The minimum atomic E-state index is 0.0752. The van der Waals surface area contributed by atoms with E-state index in [-0.39, 0.29) is 5.78 Å². The van der Waals surface area contributed by atoms with Gasteiger partial charge in [-0.1, -0.05) is 60.7 Å². The topological polar surface area (TPSA) is 26.3 Å². The summed E-state index contributed by atoms with van der Waals surface area (Å²) < 4.78 is 5.07. The highest BCUT2D eigenvalue weighted by Crippen LogP contribution is 2.08. The molecule has 1 aliphatic rings. The highest BCUT2D eigenvalue weighted by Gasteiger charge is 2.06. The van der Waals surface area contributed by atoms with Crippen LogP contribution in [-0.4, -0.2) is 19.0 Å². The van der Waals surface area contributed by atoms with Gasteiger partial charge >= 0.3 is 0 Å². The summed E-state index contributed by atoms with van der Waals surface area (Å²) >= 11 is 0. The summed E-state index contributed by atoms with van der Waals surface area (Å²) in [5.41, 5.74) is 1.47. The molecule has 0 unspecified atom stereocenters. The maximum Gasteiger partial charge on any atom is 0.193 e. The Hall–Kier alpha value is -1.93. The minimum Gasteiger partial charge on any atom is -0.381 e. The largest absolute Gasteiger partial charge is 0.381 e. The molecule has 1 heterocycles. The molecule has 0 N–H and O–H groups in total. The van der Waals surface area contributed by atoms with E-state index in [1.165, 1.54) is 19.3 Å². The van der Waals surface area contributed by atoms with E-state index in [0.717, 1.165) is 24.3 Å². The molecule has 0 aromatic heterocycles. The van der Waals surface area contributed by atoms with Gasteiger partial charge in [0.25, 0.3) is 0 Å². The lowest BCUT2D eigenvalue weighted by Crippen LogP contribution is -2.03. The van der Waals surface area contributed by atoms with Crippen LogP contribution in [0.4, 0.5) is 0 Å². The summed E-state index contributed by atoms with van der Waals surface area (Å²) in [5, 5.41) is 0. The minimum absolute atomic E-state index is 0.0752. The van der Waals surface area contributed by atoms with Crippen LogP contribution < -0.4 is 0 Å². The Labute approximate surface area is 120 Å². The third-order valence-electron chi connectivity index (χ3n) is 3.15. The van der Waals surface area contributed by atoms with Gasteiger partial charge in [0, 0.05) is 24.3 Å². The quantitative estimate of drug-likeness (QED) is 0.766. The first-order valence-corrected chi connectivity index (χ1v) is 7.10. The number of carbonyl (C=O) groups is 1. The molecule has 0 bridgehead atoms. The standard InChI is InChI=1S/C13H10O.C5H10O/c14-13(11-7-3-1-4-8-11)12-9-5-2-6-10-12;1-2-4-6-5-3-1/h1-10H;1-5H2. The number of hydrogen-bond donors (Lipinski definition) is 0. The van der Waals surface area contributed by atoms with Crippen LogP contribution in [-0.2, 0) is 4.74 Å². The Balaban J connectivity index is 0.000000205. The van der Waals surface area contributed by atoms with Gasteiger partial charge in [-0.3, -0.25) is 4.79 Å². The predicted molar refractivity (Wildman–Crippen MR) is 81.0 cm³/mol. The van der Waals surface area contributed by atoms with Gasteiger partial charge in [-0.2, -0.15) is 0 Å². The van der Waals surface area contributed by atoms with Crippen molar-refractivity contribution in [3.8, 4) is 0 Å². The molecule has 3 rings (SSSR count). The molecular weight excluding hydrogens is 248 g/mol. The van der Waals surface area contributed by atoms with Crippen LogP contribution >= 0.6 is 0 Å². The van der Waals surface area contributed by atoms with E-state index >= 15 is 0 Å². The summed E-state index contributed by atoms with van der Waals surface area (Å²) in [6, 6.07) is 18.6. The van der Waals surface area contributed by atoms with Crippen LogP contribution in [0.15, 0.2) is 60.7 Å². The number of ketones is 1. The number of ether oxygens (including phenoxy) is 1. The Morgan fingerprint density at radius 3 is 1.45 bits per heavy atom. The summed E-state index contributed by atoms with van der Waals surface area (Å²) in [6.07, 6.45) is 3.93. The lowest BCUT2D eigenvalue weighted by molar-refractivity contribution is 0.0968. The zero-order valence-electron chi connectivity index (χ0n) is 11.6. The van der Waals surface area contributed by atoms with Crippen LogP contribution in [0.2, 0.25) is 0 Å². The smallest absolute Gasteiger partial charge is 0.193 e. The normalized spacial score (nSPS) is 14.0. The summed E-state index contributed by atoms with van der Waals surface area (Å²) in [5.74, 6) is 0.0752. The maximum absolute atomic E-state index is 11.8. The van der Waals surface area contributed by atoms with E-state index in [4.69, 9.17) is 4.74 Å². The molecule has 2 heteroatoms. The predicted octanol–water partition coefficient (Wildman–Crippen LogP) is 4.10. The zero-order valence-corrected chi connectivity index (χ0v) is 11.6. The molecule has 0 saturated carbocycles. The van der Waals surface area contributed by atoms with E-state index in [1.807, 2.05) is 60.7 Å². The van der Waals surface area contributed by atoms with Crippen LogP contribution in [0, 0.1) is 0 Å². The number of rotatable bonds is 2. The maximum atomic E-state index is 11.8. The second-order valence-electron chi connectivity index (χ2n) is 4.73. The highest BCUT2D eigenvalue weighted by molar-refractivity contribution is 6.08. The van der Waals surface area contributed by atoms with Gasteiger partial charge < -0.3 is 4.74 Å². The first-order chi connectivity index (χ1) is 9.88. The molecule has 0 radical (unpaired) electrons. The fourth-order valence-corrected chi connectivity index (χ4v) is 2.03. The van der Waals surface area contributed by atoms with Crippen molar-refractivity contribution in [1.82, 2.24) is 0 Å². The van der Waals surface area contributed by atoms with Gasteiger partial charge in [-0.15, -0.1) is 0 Å². The van der Waals surface area contributed by atoms with Gasteiger partial charge in [0.05, 0.1) is 0 Å². The molecule has 2 nitrogen and oxygen atoms in total. The molecule has 0 amide bonds. The van der Waals surface area contributed by atoms with Crippen molar-refractivity contribution in [2.75, 3.05) is 13.2 Å². The number of hydrogen-bond acceptors (Lipinski definition) is 2. The molecule has 20 heavy (non-hydrogen) atoms. The van der Waals surface area contributed by atoms with Crippen LogP contribution in [0.25, 0.3) is 0 Å². The SMILES string of the molecule is C1CCOCC1.O=C(c1ccccc1)c1ccccc1. The van der Waals surface area contributed by atoms with Crippen LogP contribution in [0.1, 0.15) is 35.2 Å². The molecule has 0 spiro atoms. The van der Waals surface area contributed by atoms with Crippen molar-refractivity contribution in [2.45, 2.75) is 19.3 Å². The molecule has 104 valence electrons. The molecule has 0 aliphatic carbocycles. The van der Waals surface area contributed by atoms with Gasteiger partial charge in [-0.25, -0.2) is 0 Å². The van der Waals surface area contributed by atoms with E-state index in [0.29, 0.717) is 0 Å². The second-order valence-corrected chi connectivity index (χ2v) is 4.73. The fraction of sp³-hybridized carbons (Fsp3) is 0.278. The van der Waals surface area contributed by atoms with Gasteiger partial charge in [-0.05, 0) is 19.3 Å². The Bertz CT molecular complexity index is 448. The van der Waals surface area contributed by atoms with E-state index in [9.17, 15) is 4.79 Å². The van der Waals surface area contributed by atoms with Gasteiger partial charge in [0.1, 0.15) is 0 Å². The second kappa shape index (κ2) is 8.28. The Kier molecular flexibility index (Phi) is 6.00. The fourth-order valence-electron chi connectivity index (χ4n) is 2.03. The third-order valence-corrected chi connectivity index (χ3v) is 3.15. The van der Waals surface area contributed by atoms with Crippen molar-refractivity contribution >= 4 is 5.78 Å². The lowest BCUT2D eigenvalue weighted by Gasteiger charge is -2.08. The van der Waals surface area contributed by atoms with Crippen LogP contribution in [0.3, 0.4) is 0 Å². The summed E-state index contributed by atoms with van der Waals surface area (Å²) in [4.78, 5) is 11.8. The Morgan fingerprint density at radius 2 is 1.15 bits per heavy atom. The van der Waals surface area contributed by atoms with E-state index in [2.05, 4.69) is 0 Å². The average molecular weight is 268 g/mol. The molecule has 2 aromatic rings. The molecule has 1 aliphatic heterocycles. The molecular formula is C18H20O2. The van der Waals surface area contributed by atoms with Gasteiger partial charge in [0.2, 0.25) is 0 Å². The van der Waals surface area contributed by atoms with Crippen molar-refractivity contribution in [2.24, 2.45) is 0 Å². The van der Waals surface area contributed by atoms with Crippen LogP contribution in [0.5, 0.6) is 0 Å². The Morgan fingerprint density at radius 1 is 0.700 bits per heavy atom. The highest BCUT2D eigenvalue weighted by atomic mass is 16.5. The zero-order chi connectivity index (χ0) is 14.0. The van der Waals surface area contributed by atoms with Gasteiger partial charge in [0.15, 0.2) is 5.78 Å². The monoisotopic (exact) mass is 268 g/mol.